The summed E-state index contributed by atoms with van der Waals surface area (Å²) in [6, 6.07) is 18.0. The van der Waals surface area contributed by atoms with Crippen LogP contribution in [0.5, 0.6) is 5.75 Å². The number of amides is 2. The molecule has 214 valence electrons. The maximum absolute atomic E-state index is 14.0. The summed E-state index contributed by atoms with van der Waals surface area (Å²) in [5, 5.41) is 3.82. The Bertz CT molecular complexity index is 1400. The number of carbonyl (C=O) groups excluding carboxylic acids is 2. The van der Waals surface area contributed by atoms with Crippen molar-refractivity contribution in [2.24, 2.45) is 0 Å². The summed E-state index contributed by atoms with van der Waals surface area (Å²) >= 11 is 12.1. The molecule has 3 aromatic rings. The maximum Gasteiger partial charge on any atom is 0.264 e. The van der Waals surface area contributed by atoms with Crippen molar-refractivity contribution >= 4 is 50.7 Å². The third-order valence-electron chi connectivity index (χ3n) is 6.12. The number of sulfonamides is 1. The van der Waals surface area contributed by atoms with Gasteiger partial charge in [-0.1, -0.05) is 42.3 Å². The van der Waals surface area contributed by atoms with E-state index in [0.29, 0.717) is 22.2 Å². The summed E-state index contributed by atoms with van der Waals surface area (Å²) in [5.41, 5.74) is 0.990. The number of anilines is 1. The minimum atomic E-state index is -4.20. The molecular formula is C29H33Cl2N3O5S. The highest BCUT2D eigenvalue weighted by molar-refractivity contribution is 7.92. The number of methoxy groups -OCH3 is 1. The zero-order valence-corrected chi connectivity index (χ0v) is 25.1. The van der Waals surface area contributed by atoms with Crippen LogP contribution in [0.2, 0.25) is 10.0 Å². The van der Waals surface area contributed by atoms with Crippen LogP contribution in [0.15, 0.2) is 77.7 Å². The third kappa shape index (κ3) is 7.90. The molecule has 0 radical (unpaired) electrons. The number of benzene rings is 3. The van der Waals surface area contributed by atoms with Gasteiger partial charge in [0.1, 0.15) is 18.3 Å². The fourth-order valence-electron chi connectivity index (χ4n) is 4.10. The molecule has 3 rings (SSSR count). The molecule has 0 saturated heterocycles. The summed E-state index contributed by atoms with van der Waals surface area (Å²) < 4.78 is 33.9. The van der Waals surface area contributed by atoms with Crippen molar-refractivity contribution < 1.29 is 22.7 Å². The van der Waals surface area contributed by atoms with Crippen LogP contribution < -0.4 is 14.4 Å². The van der Waals surface area contributed by atoms with Crippen LogP contribution in [0.25, 0.3) is 0 Å². The predicted molar refractivity (Wildman–Crippen MR) is 158 cm³/mol. The van der Waals surface area contributed by atoms with E-state index in [-0.39, 0.29) is 29.1 Å². The molecule has 2 amide bonds. The Kier molecular flexibility index (Phi) is 10.8. The van der Waals surface area contributed by atoms with E-state index in [0.717, 1.165) is 9.87 Å². The lowest BCUT2D eigenvalue weighted by molar-refractivity contribution is -0.140. The highest BCUT2D eigenvalue weighted by atomic mass is 35.5. The molecule has 0 aliphatic rings. The quantitative estimate of drug-likeness (QED) is 0.293. The second-order valence-corrected chi connectivity index (χ2v) is 12.1. The van der Waals surface area contributed by atoms with Crippen molar-refractivity contribution in [3.05, 3.63) is 88.4 Å². The SMILES string of the molecule is CC[C@H](C(=O)NC(C)C)N(Cc1ccc(Cl)cc1)C(=O)CN(c1ccc(Cl)cc1)S(=O)(=O)c1ccc(OC)cc1. The Morgan fingerprint density at radius 3 is 1.95 bits per heavy atom. The van der Waals surface area contributed by atoms with Crippen molar-refractivity contribution in [3.8, 4) is 5.75 Å². The van der Waals surface area contributed by atoms with Gasteiger partial charge < -0.3 is 15.0 Å². The molecule has 8 nitrogen and oxygen atoms in total. The van der Waals surface area contributed by atoms with Crippen LogP contribution in [0.4, 0.5) is 5.69 Å². The van der Waals surface area contributed by atoms with E-state index in [1.165, 1.54) is 48.4 Å². The number of hydrogen-bond donors (Lipinski definition) is 1. The first-order chi connectivity index (χ1) is 19.0. The van der Waals surface area contributed by atoms with Gasteiger partial charge in [-0.15, -0.1) is 0 Å². The van der Waals surface area contributed by atoms with Gasteiger partial charge in [-0.25, -0.2) is 8.42 Å². The number of carbonyl (C=O) groups is 2. The number of halogens is 2. The lowest BCUT2D eigenvalue weighted by Gasteiger charge is -2.33. The molecule has 0 bridgehead atoms. The molecule has 3 aromatic carbocycles. The molecule has 0 fully saturated rings. The first-order valence-electron chi connectivity index (χ1n) is 12.7. The number of rotatable bonds is 12. The van der Waals surface area contributed by atoms with Gasteiger partial charge in [0.25, 0.3) is 10.0 Å². The molecule has 0 saturated carbocycles. The van der Waals surface area contributed by atoms with Crippen molar-refractivity contribution in [1.29, 1.82) is 0 Å². The Labute approximate surface area is 245 Å². The van der Waals surface area contributed by atoms with Gasteiger partial charge >= 0.3 is 0 Å². The van der Waals surface area contributed by atoms with E-state index in [4.69, 9.17) is 27.9 Å². The Morgan fingerprint density at radius 2 is 1.45 bits per heavy atom. The summed E-state index contributed by atoms with van der Waals surface area (Å²) in [6.45, 7) is 5.00. The van der Waals surface area contributed by atoms with Crippen LogP contribution in [-0.2, 0) is 26.2 Å². The van der Waals surface area contributed by atoms with Crippen molar-refractivity contribution in [2.75, 3.05) is 18.0 Å². The molecule has 0 heterocycles. The van der Waals surface area contributed by atoms with Gasteiger partial charge in [-0.2, -0.15) is 0 Å². The van der Waals surface area contributed by atoms with Gasteiger partial charge in [0.2, 0.25) is 11.8 Å². The zero-order valence-electron chi connectivity index (χ0n) is 22.8. The smallest absolute Gasteiger partial charge is 0.264 e. The fourth-order valence-corrected chi connectivity index (χ4v) is 5.76. The Balaban J connectivity index is 2.05. The molecule has 0 spiro atoms. The van der Waals surface area contributed by atoms with Crippen molar-refractivity contribution in [1.82, 2.24) is 10.2 Å². The van der Waals surface area contributed by atoms with Gasteiger partial charge in [0, 0.05) is 22.6 Å². The highest BCUT2D eigenvalue weighted by Gasteiger charge is 2.33. The standard InChI is InChI=1S/C29H33Cl2N3O5S/c1-5-27(29(36)32-20(2)3)33(18-21-6-8-22(30)9-7-21)28(35)19-34(24-12-10-23(31)11-13-24)40(37,38)26-16-14-25(39-4)15-17-26/h6-17,20,27H,5,18-19H2,1-4H3,(H,32,36)/t27-/m1/s1. The van der Waals surface area contributed by atoms with E-state index in [9.17, 15) is 18.0 Å². The van der Waals surface area contributed by atoms with Crippen LogP contribution in [0.1, 0.15) is 32.8 Å². The molecule has 0 aliphatic carbocycles. The van der Waals surface area contributed by atoms with Gasteiger partial charge in [-0.3, -0.25) is 13.9 Å². The largest absolute Gasteiger partial charge is 0.497 e. The van der Waals surface area contributed by atoms with E-state index < -0.39 is 28.5 Å². The van der Waals surface area contributed by atoms with E-state index >= 15 is 0 Å². The van der Waals surface area contributed by atoms with Gasteiger partial charge in [0.15, 0.2) is 0 Å². The minimum absolute atomic E-state index is 0.0232. The normalized spacial score (nSPS) is 12.1. The minimum Gasteiger partial charge on any atom is -0.497 e. The number of ether oxygens (including phenoxy) is 1. The molecule has 40 heavy (non-hydrogen) atoms. The Hall–Kier alpha value is -3.27. The zero-order chi connectivity index (χ0) is 29.4. The first kappa shape index (κ1) is 31.3. The van der Waals surface area contributed by atoms with Crippen LogP contribution in [0, 0.1) is 0 Å². The summed E-state index contributed by atoms with van der Waals surface area (Å²) in [6.07, 6.45) is 0.323. The van der Waals surface area contributed by atoms with Crippen LogP contribution in [-0.4, -0.2) is 50.9 Å². The van der Waals surface area contributed by atoms with Crippen molar-refractivity contribution in [2.45, 2.75) is 50.7 Å². The number of nitrogens with zero attached hydrogens (tertiary/aromatic N) is 2. The monoisotopic (exact) mass is 605 g/mol. The van der Waals surface area contributed by atoms with Crippen molar-refractivity contribution in [3.63, 3.8) is 0 Å². The highest BCUT2D eigenvalue weighted by Crippen LogP contribution is 2.27. The molecule has 11 heteroatoms. The lowest BCUT2D eigenvalue weighted by Crippen LogP contribution is -2.53. The first-order valence-corrected chi connectivity index (χ1v) is 14.9. The second kappa shape index (κ2) is 13.9. The maximum atomic E-state index is 14.0. The van der Waals surface area contributed by atoms with Crippen LogP contribution >= 0.6 is 23.2 Å². The fraction of sp³-hybridized carbons (Fsp3) is 0.310. The Morgan fingerprint density at radius 1 is 0.900 bits per heavy atom. The molecular weight excluding hydrogens is 573 g/mol. The lowest BCUT2D eigenvalue weighted by atomic mass is 10.1. The molecule has 1 N–H and O–H groups in total. The van der Waals surface area contributed by atoms with Gasteiger partial charge in [-0.05, 0) is 86.5 Å². The predicted octanol–water partition coefficient (Wildman–Crippen LogP) is 5.53. The topological polar surface area (TPSA) is 96.0 Å². The molecule has 0 unspecified atom stereocenters. The summed E-state index contributed by atoms with van der Waals surface area (Å²) in [7, 11) is -2.72. The molecule has 0 aliphatic heterocycles. The number of hydrogen-bond acceptors (Lipinski definition) is 5. The third-order valence-corrected chi connectivity index (χ3v) is 8.42. The van der Waals surface area contributed by atoms with E-state index in [1.54, 1.807) is 43.3 Å². The number of nitrogens with one attached hydrogen (secondary N) is 1. The summed E-state index contributed by atoms with van der Waals surface area (Å²) in [4.78, 5) is 28.6. The van der Waals surface area contributed by atoms with E-state index in [1.807, 2.05) is 13.8 Å². The van der Waals surface area contributed by atoms with Gasteiger partial charge in [0.05, 0.1) is 17.7 Å². The second-order valence-electron chi connectivity index (χ2n) is 9.40. The van der Waals surface area contributed by atoms with Crippen LogP contribution in [0.3, 0.4) is 0 Å². The summed E-state index contributed by atoms with van der Waals surface area (Å²) in [5.74, 6) is -0.382. The molecule has 1 atom stereocenters. The molecule has 0 aromatic heterocycles. The van der Waals surface area contributed by atoms with E-state index in [2.05, 4.69) is 5.32 Å². The average Bonchev–Trinajstić information content (AvgIpc) is 2.92. The average molecular weight is 607 g/mol.